The van der Waals surface area contributed by atoms with Gasteiger partial charge in [0.25, 0.3) is 0 Å². The van der Waals surface area contributed by atoms with E-state index >= 15 is 0 Å². The summed E-state index contributed by atoms with van der Waals surface area (Å²) in [6.07, 6.45) is 1.54. The first-order valence-corrected chi connectivity index (χ1v) is 9.27. The predicted octanol–water partition coefficient (Wildman–Crippen LogP) is 7.08. The maximum absolute atomic E-state index is 14.0. The molecule has 0 heterocycles. The Balaban J connectivity index is 1.86. The zero-order valence-corrected chi connectivity index (χ0v) is 16.6. The van der Waals surface area contributed by atoms with Crippen molar-refractivity contribution in [3.63, 3.8) is 0 Å². The highest BCUT2D eigenvalue weighted by molar-refractivity contribution is 6.37. The van der Waals surface area contributed by atoms with Crippen LogP contribution in [-0.4, -0.2) is 0 Å². The standard InChI is InChI=1S/C23H16Cl2FNO/c1-15-6-8-16(9-7-15)14-28-23-20(24)11-17(12-21(23)25)10-18(13-27)19-4-2-3-5-22(19)26/h2-12H,14H2,1H3/b18-10-. The van der Waals surface area contributed by atoms with Crippen molar-refractivity contribution in [1.29, 1.82) is 5.26 Å². The van der Waals surface area contributed by atoms with Crippen LogP contribution in [0.2, 0.25) is 10.0 Å². The number of nitriles is 1. The van der Waals surface area contributed by atoms with Crippen molar-refractivity contribution in [2.45, 2.75) is 13.5 Å². The predicted molar refractivity (Wildman–Crippen MR) is 112 cm³/mol. The van der Waals surface area contributed by atoms with Crippen LogP contribution in [0.5, 0.6) is 5.75 Å². The number of allylic oxidation sites excluding steroid dienone is 1. The van der Waals surface area contributed by atoms with Crippen LogP contribution in [-0.2, 0) is 6.61 Å². The van der Waals surface area contributed by atoms with E-state index in [2.05, 4.69) is 0 Å². The van der Waals surface area contributed by atoms with Gasteiger partial charge in [-0.15, -0.1) is 0 Å². The Hall–Kier alpha value is -2.80. The summed E-state index contributed by atoms with van der Waals surface area (Å²) in [5.74, 6) is -0.101. The summed E-state index contributed by atoms with van der Waals surface area (Å²) in [7, 11) is 0. The normalized spacial score (nSPS) is 11.2. The lowest BCUT2D eigenvalue weighted by molar-refractivity contribution is 0.306. The van der Waals surface area contributed by atoms with Crippen molar-refractivity contribution in [3.8, 4) is 11.8 Å². The molecule has 0 saturated heterocycles. The molecule has 0 spiro atoms. The third-order valence-corrected chi connectivity index (χ3v) is 4.68. The number of nitrogens with zero attached hydrogens (tertiary/aromatic N) is 1. The summed E-state index contributed by atoms with van der Waals surface area (Å²) in [5.41, 5.74) is 3.14. The second-order valence-electron chi connectivity index (χ2n) is 6.24. The molecule has 0 aliphatic rings. The third kappa shape index (κ3) is 4.72. The molecule has 0 aromatic heterocycles. The number of aryl methyl sites for hydroxylation is 1. The molecule has 3 aromatic rings. The molecular weight excluding hydrogens is 396 g/mol. The van der Waals surface area contributed by atoms with Crippen molar-refractivity contribution >= 4 is 34.9 Å². The van der Waals surface area contributed by atoms with Crippen molar-refractivity contribution in [1.82, 2.24) is 0 Å². The number of halogens is 3. The van der Waals surface area contributed by atoms with Crippen molar-refractivity contribution in [3.05, 3.63) is 98.8 Å². The molecule has 5 heteroatoms. The van der Waals surface area contributed by atoms with E-state index in [1.165, 1.54) is 11.6 Å². The Morgan fingerprint density at radius 1 is 1.07 bits per heavy atom. The van der Waals surface area contributed by atoms with E-state index in [4.69, 9.17) is 27.9 Å². The van der Waals surface area contributed by atoms with Crippen LogP contribution in [0.3, 0.4) is 0 Å². The van der Waals surface area contributed by atoms with E-state index in [0.29, 0.717) is 28.0 Å². The Bertz CT molecular complexity index is 1050. The maximum atomic E-state index is 14.0. The first-order valence-electron chi connectivity index (χ1n) is 8.52. The molecule has 0 saturated carbocycles. The topological polar surface area (TPSA) is 33.0 Å². The molecule has 0 fully saturated rings. The monoisotopic (exact) mass is 411 g/mol. The molecule has 0 N–H and O–H groups in total. The van der Waals surface area contributed by atoms with Crippen LogP contribution in [0.25, 0.3) is 11.6 Å². The first kappa shape index (κ1) is 19.9. The number of ether oxygens (including phenoxy) is 1. The third-order valence-electron chi connectivity index (χ3n) is 4.12. The number of rotatable bonds is 5. The van der Waals surface area contributed by atoms with Gasteiger partial charge in [-0.3, -0.25) is 0 Å². The number of hydrogen-bond donors (Lipinski definition) is 0. The molecule has 3 aromatic carbocycles. The van der Waals surface area contributed by atoms with Gasteiger partial charge in [0.2, 0.25) is 0 Å². The van der Waals surface area contributed by atoms with Gasteiger partial charge in [0, 0.05) is 5.56 Å². The van der Waals surface area contributed by atoms with Gasteiger partial charge in [-0.2, -0.15) is 5.26 Å². The van der Waals surface area contributed by atoms with E-state index in [9.17, 15) is 9.65 Å². The molecule has 2 nitrogen and oxygen atoms in total. The lowest BCUT2D eigenvalue weighted by Gasteiger charge is -2.11. The zero-order valence-electron chi connectivity index (χ0n) is 15.0. The molecule has 0 unspecified atom stereocenters. The largest absolute Gasteiger partial charge is 0.486 e. The van der Waals surface area contributed by atoms with Gasteiger partial charge in [-0.1, -0.05) is 71.2 Å². The molecular formula is C23H16Cl2FNO. The minimum atomic E-state index is -0.467. The molecule has 0 radical (unpaired) electrons. The summed E-state index contributed by atoms with van der Waals surface area (Å²) >= 11 is 12.7. The fourth-order valence-electron chi connectivity index (χ4n) is 2.66. The van der Waals surface area contributed by atoms with Gasteiger partial charge >= 0.3 is 0 Å². The van der Waals surface area contributed by atoms with Crippen LogP contribution in [0.4, 0.5) is 4.39 Å². The van der Waals surface area contributed by atoms with Gasteiger partial charge < -0.3 is 4.74 Å². The van der Waals surface area contributed by atoms with Gasteiger partial charge in [-0.25, -0.2) is 4.39 Å². The van der Waals surface area contributed by atoms with E-state index in [1.54, 1.807) is 36.4 Å². The second-order valence-corrected chi connectivity index (χ2v) is 7.05. The molecule has 140 valence electrons. The lowest BCUT2D eigenvalue weighted by atomic mass is 10.0. The highest BCUT2D eigenvalue weighted by Gasteiger charge is 2.12. The Morgan fingerprint density at radius 3 is 2.32 bits per heavy atom. The molecule has 28 heavy (non-hydrogen) atoms. The number of hydrogen-bond acceptors (Lipinski definition) is 2. The summed E-state index contributed by atoms with van der Waals surface area (Å²) in [6, 6.07) is 19.3. The quantitative estimate of drug-likeness (QED) is 0.331. The highest BCUT2D eigenvalue weighted by Crippen LogP contribution is 2.36. The second kappa shape index (κ2) is 8.93. The summed E-state index contributed by atoms with van der Waals surface area (Å²) in [4.78, 5) is 0. The fourth-order valence-corrected chi connectivity index (χ4v) is 3.27. The van der Waals surface area contributed by atoms with E-state index in [0.717, 1.165) is 5.56 Å². The summed E-state index contributed by atoms with van der Waals surface area (Å²) < 4.78 is 19.7. The summed E-state index contributed by atoms with van der Waals surface area (Å²) in [5, 5.41) is 10.0. The Labute approximate surface area is 173 Å². The van der Waals surface area contributed by atoms with Crippen LogP contribution in [0, 0.1) is 24.1 Å². The van der Waals surface area contributed by atoms with E-state index in [-0.39, 0.29) is 11.1 Å². The van der Waals surface area contributed by atoms with Gasteiger partial charge in [0.1, 0.15) is 12.4 Å². The minimum absolute atomic E-state index is 0.179. The molecule has 3 rings (SSSR count). The van der Waals surface area contributed by atoms with Gasteiger partial charge in [0.15, 0.2) is 5.75 Å². The summed E-state index contributed by atoms with van der Waals surface area (Å²) in [6.45, 7) is 2.34. The first-order chi connectivity index (χ1) is 13.5. The minimum Gasteiger partial charge on any atom is -0.486 e. The fraction of sp³-hybridized carbons (Fsp3) is 0.0870. The van der Waals surface area contributed by atoms with Gasteiger partial charge in [0.05, 0.1) is 21.7 Å². The van der Waals surface area contributed by atoms with Crippen LogP contribution < -0.4 is 4.74 Å². The van der Waals surface area contributed by atoms with E-state index in [1.807, 2.05) is 37.3 Å². The van der Waals surface area contributed by atoms with Crippen LogP contribution in [0.15, 0.2) is 60.7 Å². The highest BCUT2D eigenvalue weighted by atomic mass is 35.5. The van der Waals surface area contributed by atoms with Crippen molar-refractivity contribution in [2.24, 2.45) is 0 Å². The number of benzene rings is 3. The molecule has 0 atom stereocenters. The van der Waals surface area contributed by atoms with Gasteiger partial charge in [-0.05, 0) is 42.3 Å². The maximum Gasteiger partial charge on any atom is 0.157 e. The van der Waals surface area contributed by atoms with E-state index < -0.39 is 5.82 Å². The van der Waals surface area contributed by atoms with Crippen molar-refractivity contribution in [2.75, 3.05) is 0 Å². The molecule has 0 aliphatic carbocycles. The average Bonchev–Trinajstić information content (AvgIpc) is 2.67. The molecule has 0 aliphatic heterocycles. The molecule has 0 amide bonds. The zero-order chi connectivity index (χ0) is 20.1. The smallest absolute Gasteiger partial charge is 0.157 e. The van der Waals surface area contributed by atoms with Crippen LogP contribution >= 0.6 is 23.2 Å². The SMILES string of the molecule is Cc1ccc(COc2c(Cl)cc(/C=C(/C#N)c3ccccc3F)cc2Cl)cc1. The van der Waals surface area contributed by atoms with Crippen molar-refractivity contribution < 1.29 is 9.13 Å². The molecule has 0 bridgehead atoms. The Morgan fingerprint density at radius 2 is 1.71 bits per heavy atom. The average molecular weight is 412 g/mol. The lowest BCUT2D eigenvalue weighted by Crippen LogP contribution is -1.97. The Kier molecular flexibility index (Phi) is 6.36. The van der Waals surface area contributed by atoms with Crippen LogP contribution in [0.1, 0.15) is 22.3 Å².